The number of anilines is 1. The number of unbranched alkanes of at least 4 members (excludes halogenated alkanes) is 4. The fourth-order valence-corrected chi connectivity index (χ4v) is 2.78. The molecule has 7 nitrogen and oxygen atoms in total. The molecule has 0 spiro atoms. The van der Waals surface area contributed by atoms with Gasteiger partial charge in [0.25, 0.3) is 5.91 Å². The Morgan fingerprint density at radius 1 is 1.04 bits per heavy atom. The summed E-state index contributed by atoms with van der Waals surface area (Å²) in [6.45, 7) is 0.491. The minimum atomic E-state index is -3.45. The van der Waals surface area contributed by atoms with Crippen molar-refractivity contribution in [1.82, 2.24) is 5.32 Å². The van der Waals surface area contributed by atoms with E-state index in [-0.39, 0.29) is 23.6 Å². The first-order valence-corrected chi connectivity index (χ1v) is 9.75. The normalized spacial score (nSPS) is 11.0. The average molecular weight is 356 g/mol. The quantitative estimate of drug-likeness (QED) is 0.526. The molecular formula is C16H24N2O5S. The Balaban J connectivity index is 2.35. The number of nitrogens with one attached hydrogen (secondary N) is 2. The van der Waals surface area contributed by atoms with E-state index >= 15 is 0 Å². The first kappa shape index (κ1) is 20.0. The summed E-state index contributed by atoms with van der Waals surface area (Å²) in [5.41, 5.74) is 0.538. The second-order valence-electron chi connectivity index (χ2n) is 5.59. The Bertz CT molecular complexity index is 658. The molecule has 0 atom stereocenters. The van der Waals surface area contributed by atoms with Gasteiger partial charge in [0.2, 0.25) is 10.0 Å². The van der Waals surface area contributed by atoms with Crippen molar-refractivity contribution in [3.05, 3.63) is 29.8 Å². The lowest BCUT2D eigenvalue weighted by Crippen LogP contribution is -2.26. The van der Waals surface area contributed by atoms with Gasteiger partial charge >= 0.3 is 5.97 Å². The van der Waals surface area contributed by atoms with Crippen molar-refractivity contribution in [3.8, 4) is 0 Å². The molecule has 8 heteroatoms. The van der Waals surface area contributed by atoms with E-state index in [0.29, 0.717) is 13.0 Å². The predicted octanol–water partition coefficient (Wildman–Crippen LogP) is 2.21. The van der Waals surface area contributed by atoms with Gasteiger partial charge in [0.15, 0.2) is 0 Å². The highest BCUT2D eigenvalue weighted by atomic mass is 32.2. The van der Waals surface area contributed by atoms with Gasteiger partial charge in [0.1, 0.15) is 0 Å². The van der Waals surface area contributed by atoms with Gasteiger partial charge in [-0.05, 0) is 25.0 Å². The molecule has 0 fully saturated rings. The van der Waals surface area contributed by atoms with Crippen LogP contribution in [0.1, 0.15) is 48.9 Å². The summed E-state index contributed by atoms with van der Waals surface area (Å²) in [6.07, 6.45) is 5.39. The highest BCUT2D eigenvalue weighted by molar-refractivity contribution is 7.92. The summed E-state index contributed by atoms with van der Waals surface area (Å²) in [4.78, 5) is 22.5. The number of carboxylic acids is 1. The fraction of sp³-hybridized carbons (Fsp3) is 0.500. The summed E-state index contributed by atoms with van der Waals surface area (Å²) in [5, 5.41) is 11.3. The third-order valence-electron chi connectivity index (χ3n) is 3.32. The zero-order valence-corrected chi connectivity index (χ0v) is 14.6. The molecule has 0 radical (unpaired) electrons. The van der Waals surface area contributed by atoms with Crippen LogP contribution >= 0.6 is 0 Å². The molecule has 0 bridgehead atoms. The Hall–Kier alpha value is -2.09. The molecule has 1 aromatic rings. The minimum absolute atomic E-state index is 0.195. The zero-order valence-electron chi connectivity index (χ0n) is 13.7. The monoisotopic (exact) mass is 356 g/mol. The fourth-order valence-electron chi connectivity index (χ4n) is 2.20. The number of para-hydroxylation sites is 1. The van der Waals surface area contributed by atoms with Gasteiger partial charge in [-0.25, -0.2) is 8.42 Å². The summed E-state index contributed by atoms with van der Waals surface area (Å²) < 4.78 is 25.0. The zero-order chi connectivity index (χ0) is 18.0. The van der Waals surface area contributed by atoms with Crippen molar-refractivity contribution in [1.29, 1.82) is 0 Å². The van der Waals surface area contributed by atoms with Gasteiger partial charge in [-0.3, -0.25) is 14.3 Å². The van der Waals surface area contributed by atoms with Gasteiger partial charge in [0.05, 0.1) is 17.5 Å². The first-order chi connectivity index (χ1) is 11.3. The molecule has 1 amide bonds. The SMILES string of the molecule is CS(=O)(=O)Nc1ccccc1C(=O)NCCCCCCCC(=O)O. The number of amides is 1. The van der Waals surface area contributed by atoms with Crippen molar-refractivity contribution < 1.29 is 23.1 Å². The molecule has 24 heavy (non-hydrogen) atoms. The minimum Gasteiger partial charge on any atom is -0.481 e. The smallest absolute Gasteiger partial charge is 0.303 e. The van der Waals surface area contributed by atoms with Crippen LogP contribution in [0, 0.1) is 0 Å². The molecule has 0 saturated heterocycles. The Morgan fingerprint density at radius 2 is 1.67 bits per heavy atom. The second-order valence-corrected chi connectivity index (χ2v) is 7.34. The van der Waals surface area contributed by atoms with E-state index in [2.05, 4.69) is 10.0 Å². The van der Waals surface area contributed by atoms with Crippen molar-refractivity contribution in [3.63, 3.8) is 0 Å². The molecule has 0 unspecified atom stereocenters. The number of benzene rings is 1. The number of hydrogen-bond acceptors (Lipinski definition) is 4. The van der Waals surface area contributed by atoms with Crippen LogP contribution < -0.4 is 10.0 Å². The molecule has 0 aromatic heterocycles. The number of sulfonamides is 1. The predicted molar refractivity (Wildman–Crippen MR) is 92.6 cm³/mol. The van der Waals surface area contributed by atoms with Crippen LogP contribution in [0.2, 0.25) is 0 Å². The topological polar surface area (TPSA) is 113 Å². The van der Waals surface area contributed by atoms with E-state index in [0.717, 1.165) is 31.9 Å². The molecule has 0 aliphatic heterocycles. The number of carbonyl (C=O) groups excluding carboxylic acids is 1. The van der Waals surface area contributed by atoms with E-state index < -0.39 is 16.0 Å². The standard InChI is InChI=1S/C16H24N2O5S/c1-24(22,23)18-14-10-7-6-9-13(14)16(21)17-12-8-4-2-3-5-11-15(19)20/h6-7,9-10,18H,2-5,8,11-12H2,1H3,(H,17,21)(H,19,20). The number of hydrogen-bond donors (Lipinski definition) is 3. The van der Waals surface area contributed by atoms with Crippen LogP contribution in [-0.2, 0) is 14.8 Å². The number of carbonyl (C=O) groups is 2. The molecule has 1 rings (SSSR count). The maximum absolute atomic E-state index is 12.2. The highest BCUT2D eigenvalue weighted by Gasteiger charge is 2.12. The maximum Gasteiger partial charge on any atom is 0.303 e. The number of rotatable bonds is 11. The lowest BCUT2D eigenvalue weighted by atomic mass is 10.1. The first-order valence-electron chi connectivity index (χ1n) is 7.86. The molecule has 0 heterocycles. The Kier molecular flexibility index (Phi) is 8.25. The van der Waals surface area contributed by atoms with E-state index in [1.165, 1.54) is 0 Å². The molecule has 3 N–H and O–H groups in total. The van der Waals surface area contributed by atoms with Crippen LogP contribution in [0.25, 0.3) is 0 Å². The van der Waals surface area contributed by atoms with Gasteiger partial charge < -0.3 is 10.4 Å². The lowest BCUT2D eigenvalue weighted by molar-refractivity contribution is -0.137. The average Bonchev–Trinajstić information content (AvgIpc) is 2.48. The van der Waals surface area contributed by atoms with Gasteiger partial charge in [-0.2, -0.15) is 0 Å². The third-order valence-corrected chi connectivity index (χ3v) is 3.91. The van der Waals surface area contributed by atoms with E-state index in [1.807, 2.05) is 0 Å². The van der Waals surface area contributed by atoms with Gasteiger partial charge in [-0.15, -0.1) is 0 Å². The molecular weight excluding hydrogens is 332 g/mol. The van der Waals surface area contributed by atoms with Crippen LogP contribution in [0.4, 0.5) is 5.69 Å². The third kappa shape index (κ3) is 8.52. The van der Waals surface area contributed by atoms with E-state index in [9.17, 15) is 18.0 Å². The summed E-state index contributed by atoms with van der Waals surface area (Å²) in [6, 6.07) is 6.43. The summed E-state index contributed by atoms with van der Waals surface area (Å²) in [7, 11) is -3.45. The Labute approximate surface area is 142 Å². The number of carboxylic acid groups (broad SMARTS) is 1. The largest absolute Gasteiger partial charge is 0.481 e. The molecule has 0 aliphatic rings. The molecule has 0 saturated carbocycles. The molecule has 0 aliphatic carbocycles. The van der Waals surface area contributed by atoms with Crippen molar-refractivity contribution in [2.24, 2.45) is 0 Å². The highest BCUT2D eigenvalue weighted by Crippen LogP contribution is 2.16. The van der Waals surface area contributed by atoms with Gasteiger partial charge in [0, 0.05) is 13.0 Å². The van der Waals surface area contributed by atoms with E-state index in [4.69, 9.17) is 5.11 Å². The second kappa shape index (κ2) is 9.92. The van der Waals surface area contributed by atoms with Crippen molar-refractivity contribution in [2.45, 2.75) is 38.5 Å². The lowest BCUT2D eigenvalue weighted by Gasteiger charge is -2.11. The van der Waals surface area contributed by atoms with Crippen LogP contribution in [0.5, 0.6) is 0 Å². The maximum atomic E-state index is 12.2. The Morgan fingerprint density at radius 3 is 2.33 bits per heavy atom. The van der Waals surface area contributed by atoms with Crippen LogP contribution in [0.15, 0.2) is 24.3 Å². The number of aliphatic carboxylic acids is 1. The van der Waals surface area contributed by atoms with Crippen molar-refractivity contribution in [2.75, 3.05) is 17.5 Å². The van der Waals surface area contributed by atoms with Gasteiger partial charge in [-0.1, -0.05) is 31.4 Å². The van der Waals surface area contributed by atoms with E-state index in [1.54, 1.807) is 24.3 Å². The summed E-state index contributed by atoms with van der Waals surface area (Å²) >= 11 is 0. The molecule has 134 valence electrons. The molecule has 1 aromatic carbocycles. The van der Waals surface area contributed by atoms with Crippen LogP contribution in [0.3, 0.4) is 0 Å². The van der Waals surface area contributed by atoms with Crippen LogP contribution in [-0.4, -0.2) is 38.2 Å². The summed E-state index contributed by atoms with van der Waals surface area (Å²) in [5.74, 6) is -1.10. The van der Waals surface area contributed by atoms with Crippen molar-refractivity contribution >= 4 is 27.6 Å².